The van der Waals surface area contributed by atoms with Crippen LogP contribution >= 0.6 is 0 Å². The third-order valence-corrected chi connectivity index (χ3v) is 5.69. The Kier molecular flexibility index (Phi) is 4.20. The molecule has 0 aliphatic heterocycles. The summed E-state index contributed by atoms with van der Waals surface area (Å²) in [5.74, 6) is 0.383. The second kappa shape index (κ2) is 5.58. The minimum absolute atomic E-state index is 0.187. The zero-order valence-corrected chi connectivity index (χ0v) is 13.1. The lowest BCUT2D eigenvalue weighted by Crippen LogP contribution is -2.15. The van der Waals surface area contributed by atoms with Crippen molar-refractivity contribution >= 4 is 20.7 Å². The monoisotopic (exact) mass is 294 g/mol. The maximum atomic E-state index is 11.7. The van der Waals surface area contributed by atoms with Crippen molar-refractivity contribution in [2.24, 2.45) is 5.73 Å². The van der Waals surface area contributed by atoms with Crippen molar-refractivity contribution in [3.05, 3.63) is 35.0 Å². The van der Waals surface area contributed by atoms with Crippen LogP contribution in [0.2, 0.25) is 0 Å². The molecule has 0 spiro atoms. The van der Waals surface area contributed by atoms with Gasteiger partial charge < -0.3 is 10.3 Å². The molecule has 2 N–H and O–H groups in total. The van der Waals surface area contributed by atoms with E-state index in [1.165, 1.54) is 10.9 Å². The van der Waals surface area contributed by atoms with Crippen molar-refractivity contribution in [2.45, 2.75) is 33.9 Å². The van der Waals surface area contributed by atoms with Crippen LogP contribution in [0.4, 0.5) is 0 Å². The van der Waals surface area contributed by atoms with E-state index in [9.17, 15) is 8.42 Å². The van der Waals surface area contributed by atoms with Gasteiger partial charge in [-0.2, -0.15) is 0 Å². The molecule has 1 heterocycles. The maximum absolute atomic E-state index is 11.7. The van der Waals surface area contributed by atoms with Crippen molar-refractivity contribution < 1.29 is 8.42 Å². The summed E-state index contributed by atoms with van der Waals surface area (Å²) < 4.78 is 25.5. The first-order valence-electron chi connectivity index (χ1n) is 6.88. The highest BCUT2D eigenvalue weighted by atomic mass is 32.2. The van der Waals surface area contributed by atoms with Gasteiger partial charge in [0.25, 0.3) is 0 Å². The van der Waals surface area contributed by atoms with Crippen molar-refractivity contribution in [1.29, 1.82) is 0 Å². The van der Waals surface area contributed by atoms with Crippen LogP contribution in [0.15, 0.2) is 18.2 Å². The number of benzene rings is 1. The van der Waals surface area contributed by atoms with E-state index in [2.05, 4.69) is 17.6 Å². The summed E-state index contributed by atoms with van der Waals surface area (Å²) >= 11 is 0. The number of hydrogen-bond donors (Lipinski definition) is 1. The molecule has 4 nitrogen and oxygen atoms in total. The minimum atomic E-state index is -2.95. The minimum Gasteiger partial charge on any atom is -0.344 e. The molecule has 0 fully saturated rings. The summed E-state index contributed by atoms with van der Waals surface area (Å²) in [6.07, 6.45) is 0. The fourth-order valence-corrected chi connectivity index (χ4v) is 3.24. The van der Waals surface area contributed by atoms with E-state index in [0.717, 1.165) is 16.8 Å². The first-order chi connectivity index (χ1) is 9.39. The molecule has 20 heavy (non-hydrogen) atoms. The molecule has 0 aliphatic carbocycles. The van der Waals surface area contributed by atoms with Crippen LogP contribution < -0.4 is 5.73 Å². The Bertz CT molecular complexity index is 730. The molecule has 0 saturated carbocycles. The summed E-state index contributed by atoms with van der Waals surface area (Å²) in [5.41, 5.74) is 10.2. The normalized spacial score (nSPS) is 12.2. The number of aromatic nitrogens is 1. The smallest absolute Gasteiger partial charge is 0.151 e. The molecule has 1 aromatic carbocycles. The third kappa shape index (κ3) is 2.74. The van der Waals surface area contributed by atoms with Crippen molar-refractivity contribution in [1.82, 2.24) is 4.57 Å². The van der Waals surface area contributed by atoms with Crippen LogP contribution in [0, 0.1) is 13.8 Å². The van der Waals surface area contributed by atoms with Gasteiger partial charge in [-0.05, 0) is 37.1 Å². The third-order valence-electron chi connectivity index (χ3n) is 4.00. The Morgan fingerprint density at radius 3 is 2.55 bits per heavy atom. The van der Waals surface area contributed by atoms with Gasteiger partial charge in [-0.15, -0.1) is 0 Å². The van der Waals surface area contributed by atoms with E-state index in [4.69, 9.17) is 5.73 Å². The number of nitrogens with zero attached hydrogens (tertiary/aromatic N) is 1. The predicted octanol–water partition coefficient (Wildman–Crippen LogP) is 2.15. The Hall–Kier alpha value is -1.33. The lowest BCUT2D eigenvalue weighted by atomic mass is 10.1. The van der Waals surface area contributed by atoms with Gasteiger partial charge in [-0.1, -0.05) is 13.0 Å². The molecule has 5 heteroatoms. The van der Waals surface area contributed by atoms with Gasteiger partial charge in [0, 0.05) is 35.4 Å². The Morgan fingerprint density at radius 2 is 1.95 bits per heavy atom. The number of rotatable bonds is 5. The molecule has 0 aliphatic rings. The van der Waals surface area contributed by atoms with Gasteiger partial charge in [0.15, 0.2) is 9.84 Å². The molecule has 0 amide bonds. The molecule has 110 valence electrons. The molecule has 0 saturated heterocycles. The topological polar surface area (TPSA) is 65.1 Å². The molecule has 1 aromatic heterocycles. The van der Waals surface area contributed by atoms with E-state index >= 15 is 0 Å². The first-order valence-corrected chi connectivity index (χ1v) is 8.70. The molecule has 0 unspecified atom stereocenters. The number of nitrogens with two attached hydrogens (primary N) is 1. The van der Waals surface area contributed by atoms with Crippen molar-refractivity contribution in [3.8, 4) is 0 Å². The van der Waals surface area contributed by atoms with Crippen molar-refractivity contribution in [3.63, 3.8) is 0 Å². The van der Waals surface area contributed by atoms with E-state index in [0.29, 0.717) is 13.1 Å². The van der Waals surface area contributed by atoms with Gasteiger partial charge >= 0.3 is 0 Å². The van der Waals surface area contributed by atoms with Gasteiger partial charge in [-0.25, -0.2) is 8.42 Å². The predicted molar refractivity (Wildman–Crippen MR) is 83.6 cm³/mol. The summed E-state index contributed by atoms with van der Waals surface area (Å²) in [4.78, 5) is 0. The first kappa shape index (κ1) is 15.1. The van der Waals surface area contributed by atoms with E-state index in [1.54, 1.807) is 6.92 Å². The second-order valence-corrected chi connectivity index (χ2v) is 7.63. The largest absolute Gasteiger partial charge is 0.344 e. The average molecular weight is 294 g/mol. The number of sulfone groups is 1. The Morgan fingerprint density at radius 1 is 1.25 bits per heavy atom. The van der Waals surface area contributed by atoms with Gasteiger partial charge in [-0.3, -0.25) is 0 Å². The highest BCUT2D eigenvalue weighted by molar-refractivity contribution is 7.91. The van der Waals surface area contributed by atoms with Crippen LogP contribution in [-0.4, -0.2) is 24.5 Å². The summed E-state index contributed by atoms with van der Waals surface area (Å²) in [6.45, 7) is 6.83. The van der Waals surface area contributed by atoms with E-state index in [1.807, 2.05) is 19.1 Å². The van der Waals surface area contributed by atoms with Crippen LogP contribution in [0.3, 0.4) is 0 Å². The highest BCUT2D eigenvalue weighted by Gasteiger charge is 2.14. The number of aryl methyl sites for hydroxylation is 2. The SMILES string of the molecule is CCS(=O)(=O)CCn1c(C)c(C)c2cc(CN)ccc21. The lowest BCUT2D eigenvalue weighted by molar-refractivity contribution is 0.590. The Balaban J connectivity index is 2.46. The molecular weight excluding hydrogens is 272 g/mol. The average Bonchev–Trinajstić information content (AvgIpc) is 2.68. The standard InChI is InChI=1S/C15H22N2O2S/c1-4-20(18,19)8-7-17-12(3)11(2)14-9-13(10-16)5-6-15(14)17/h5-6,9H,4,7-8,10,16H2,1-3H3. The summed E-state index contributed by atoms with van der Waals surface area (Å²) in [7, 11) is -2.95. The quantitative estimate of drug-likeness (QED) is 0.919. The molecule has 0 bridgehead atoms. The summed E-state index contributed by atoms with van der Waals surface area (Å²) in [5, 5.41) is 1.17. The fraction of sp³-hybridized carbons (Fsp3) is 0.467. The second-order valence-electron chi connectivity index (χ2n) is 5.15. The number of hydrogen-bond acceptors (Lipinski definition) is 3. The molecule has 2 aromatic rings. The zero-order valence-electron chi connectivity index (χ0n) is 12.3. The van der Waals surface area contributed by atoms with Gasteiger partial charge in [0.05, 0.1) is 5.75 Å². The molecule has 0 atom stereocenters. The molecular formula is C15H22N2O2S. The fourth-order valence-electron chi connectivity index (χ4n) is 2.49. The Labute approximate surface area is 120 Å². The van der Waals surface area contributed by atoms with Gasteiger partial charge in [0.2, 0.25) is 0 Å². The number of fused-ring (bicyclic) bond motifs is 1. The highest BCUT2D eigenvalue weighted by Crippen LogP contribution is 2.26. The van der Waals surface area contributed by atoms with E-state index in [-0.39, 0.29) is 11.5 Å². The lowest BCUT2D eigenvalue weighted by Gasteiger charge is -2.08. The van der Waals surface area contributed by atoms with Crippen LogP contribution in [-0.2, 0) is 22.9 Å². The van der Waals surface area contributed by atoms with Crippen LogP contribution in [0.25, 0.3) is 10.9 Å². The molecule has 2 rings (SSSR count). The van der Waals surface area contributed by atoms with Crippen molar-refractivity contribution in [2.75, 3.05) is 11.5 Å². The van der Waals surface area contributed by atoms with Gasteiger partial charge in [0.1, 0.15) is 0 Å². The summed E-state index contributed by atoms with van der Waals surface area (Å²) in [6, 6.07) is 6.14. The van der Waals surface area contributed by atoms with Crippen LogP contribution in [0.1, 0.15) is 23.7 Å². The van der Waals surface area contributed by atoms with Crippen LogP contribution in [0.5, 0.6) is 0 Å². The maximum Gasteiger partial charge on any atom is 0.151 e. The van der Waals surface area contributed by atoms with E-state index < -0.39 is 9.84 Å². The molecule has 0 radical (unpaired) electrons. The zero-order chi connectivity index (χ0) is 14.9.